The Balaban J connectivity index is 1.05. The van der Waals surface area contributed by atoms with E-state index < -0.39 is 5.60 Å². The number of hydrogen-bond acceptors (Lipinski definition) is 5. The van der Waals surface area contributed by atoms with Crippen LogP contribution in [0.15, 0.2) is 96.2 Å². The van der Waals surface area contributed by atoms with Gasteiger partial charge >= 0.3 is 0 Å². The number of rotatable bonds is 5. The first-order valence-electron chi connectivity index (χ1n) is 14.8. The topological polar surface area (TPSA) is 92.4 Å². The highest BCUT2D eigenvalue weighted by atomic mass is 16.3. The van der Waals surface area contributed by atoms with Crippen LogP contribution in [0.5, 0.6) is 0 Å². The van der Waals surface area contributed by atoms with Crippen molar-refractivity contribution in [1.29, 1.82) is 0 Å². The second-order valence-corrected chi connectivity index (χ2v) is 11.7. The van der Waals surface area contributed by atoms with Crippen LogP contribution in [0, 0.1) is 5.92 Å². The summed E-state index contributed by atoms with van der Waals surface area (Å²) in [6, 6.07) is 26.1. The van der Waals surface area contributed by atoms with Gasteiger partial charge in [0, 0.05) is 44.0 Å². The van der Waals surface area contributed by atoms with Gasteiger partial charge in [0.25, 0.3) is 11.5 Å². The molecule has 5 aromatic rings. The zero-order valence-corrected chi connectivity index (χ0v) is 23.5. The number of nitrogens with zero attached hydrogens (tertiary/aromatic N) is 4. The Hall–Kier alpha value is -4.27. The van der Waals surface area contributed by atoms with Crippen molar-refractivity contribution in [2.45, 2.75) is 37.3 Å². The van der Waals surface area contributed by atoms with E-state index in [0.717, 1.165) is 29.5 Å². The summed E-state index contributed by atoms with van der Waals surface area (Å²) in [5, 5.41) is 17.9. The molecule has 2 aliphatic heterocycles. The Bertz CT molecular complexity index is 1800. The lowest BCUT2D eigenvalue weighted by Gasteiger charge is -2.43. The highest BCUT2D eigenvalue weighted by Gasteiger charge is 2.48. The van der Waals surface area contributed by atoms with Crippen molar-refractivity contribution in [3.63, 3.8) is 0 Å². The lowest BCUT2D eigenvalue weighted by atomic mass is 9.76. The molecule has 2 N–H and O–H groups in total. The number of benzene rings is 3. The van der Waals surface area contributed by atoms with Gasteiger partial charge in [-0.2, -0.15) is 0 Å². The zero-order chi connectivity index (χ0) is 28.7. The Morgan fingerprint density at radius 3 is 2.55 bits per heavy atom. The van der Waals surface area contributed by atoms with Crippen LogP contribution in [0.4, 0.5) is 0 Å². The number of aliphatic hydroxyl groups is 1. The number of likely N-dealkylation sites (tertiary alicyclic amines) is 1. The fourth-order valence-corrected chi connectivity index (χ4v) is 6.79. The Morgan fingerprint density at radius 2 is 1.74 bits per heavy atom. The third-order valence-electron chi connectivity index (χ3n) is 9.22. The maximum Gasteiger partial charge on any atom is 0.262 e. The molecule has 214 valence electrons. The van der Waals surface area contributed by atoms with Crippen LogP contribution < -0.4 is 10.9 Å². The molecule has 0 unspecified atom stereocenters. The minimum atomic E-state index is -1.41. The van der Waals surface area contributed by atoms with E-state index in [9.17, 15) is 14.7 Å². The lowest BCUT2D eigenvalue weighted by molar-refractivity contribution is -0.158. The van der Waals surface area contributed by atoms with Crippen molar-refractivity contribution in [3.8, 4) is 5.69 Å². The summed E-state index contributed by atoms with van der Waals surface area (Å²) in [6.45, 7) is 2.89. The molecule has 0 bridgehead atoms. The number of fused-ring (bicyclic) bond motifs is 2. The molecular weight excluding hydrogens is 526 g/mol. The number of carbonyl (C=O) groups excluding carboxylic acids is 1. The highest BCUT2D eigenvalue weighted by Crippen LogP contribution is 2.36. The number of carbonyl (C=O) groups is 1. The molecule has 1 amide bonds. The van der Waals surface area contributed by atoms with Crippen molar-refractivity contribution in [1.82, 2.24) is 24.3 Å². The van der Waals surface area contributed by atoms with E-state index in [-0.39, 0.29) is 23.3 Å². The predicted molar refractivity (Wildman–Crippen MR) is 164 cm³/mol. The molecule has 0 aliphatic carbocycles. The molecule has 42 heavy (non-hydrogen) atoms. The molecule has 2 atom stereocenters. The van der Waals surface area contributed by atoms with Crippen molar-refractivity contribution in [2.75, 3.05) is 26.2 Å². The number of piperidine rings is 2. The van der Waals surface area contributed by atoms with Gasteiger partial charge in [-0.05, 0) is 66.3 Å². The molecule has 8 heteroatoms. The largest absolute Gasteiger partial charge is 0.379 e. The molecule has 2 aliphatic rings. The normalized spacial score (nSPS) is 21.6. The molecule has 2 saturated heterocycles. The average molecular weight is 562 g/mol. The van der Waals surface area contributed by atoms with Gasteiger partial charge in [0.15, 0.2) is 11.2 Å². The van der Waals surface area contributed by atoms with Gasteiger partial charge in [0.2, 0.25) is 0 Å². The van der Waals surface area contributed by atoms with Crippen molar-refractivity contribution < 1.29 is 9.90 Å². The summed E-state index contributed by atoms with van der Waals surface area (Å²) >= 11 is 0. The van der Waals surface area contributed by atoms with Gasteiger partial charge in [-0.3, -0.25) is 14.2 Å². The van der Waals surface area contributed by atoms with Gasteiger partial charge in [-0.15, -0.1) is 0 Å². The first-order chi connectivity index (χ1) is 20.5. The number of amides is 1. The van der Waals surface area contributed by atoms with Crippen LogP contribution >= 0.6 is 0 Å². The number of aromatic nitrogens is 3. The zero-order valence-electron chi connectivity index (χ0n) is 23.5. The van der Waals surface area contributed by atoms with E-state index in [2.05, 4.69) is 29.6 Å². The van der Waals surface area contributed by atoms with E-state index in [1.54, 1.807) is 10.9 Å². The third kappa shape index (κ3) is 4.70. The minimum Gasteiger partial charge on any atom is -0.379 e. The summed E-state index contributed by atoms with van der Waals surface area (Å²) < 4.78 is 3.67. The molecule has 0 saturated carbocycles. The molecular formula is C34H35N5O3. The van der Waals surface area contributed by atoms with Crippen molar-refractivity contribution >= 4 is 27.7 Å². The van der Waals surface area contributed by atoms with E-state index in [1.165, 1.54) is 5.39 Å². The van der Waals surface area contributed by atoms with E-state index in [4.69, 9.17) is 4.98 Å². The summed E-state index contributed by atoms with van der Waals surface area (Å²) in [6.07, 6.45) is 5.51. The molecule has 4 heterocycles. The second kappa shape index (κ2) is 10.9. The highest BCUT2D eigenvalue weighted by molar-refractivity contribution is 5.87. The number of nitrogens with one attached hydrogen (secondary N) is 1. The Labute approximate surface area is 244 Å². The molecule has 7 rings (SSSR count). The van der Waals surface area contributed by atoms with Crippen LogP contribution in [0.1, 0.15) is 30.7 Å². The molecule has 3 aromatic carbocycles. The van der Waals surface area contributed by atoms with Crippen LogP contribution in [0.2, 0.25) is 0 Å². The summed E-state index contributed by atoms with van der Waals surface area (Å²) in [4.78, 5) is 33.7. The fraction of sp³-hybridized carbons (Fsp3) is 0.324. The molecule has 8 nitrogen and oxygen atoms in total. The van der Waals surface area contributed by atoms with Crippen LogP contribution in [0.3, 0.4) is 0 Å². The predicted octanol–water partition coefficient (Wildman–Crippen LogP) is 4.09. The molecule has 0 radical (unpaired) electrons. The molecule has 0 spiro atoms. The first kappa shape index (κ1) is 26.6. The van der Waals surface area contributed by atoms with E-state index in [0.29, 0.717) is 50.2 Å². The maximum atomic E-state index is 13.7. The summed E-state index contributed by atoms with van der Waals surface area (Å²) in [5.41, 5.74) is 1.13. The smallest absolute Gasteiger partial charge is 0.262 e. The third-order valence-corrected chi connectivity index (χ3v) is 9.22. The summed E-state index contributed by atoms with van der Waals surface area (Å²) in [7, 11) is 0. The lowest BCUT2D eigenvalue weighted by Crippen LogP contribution is -2.59. The van der Waals surface area contributed by atoms with Crippen LogP contribution in [-0.4, -0.2) is 61.8 Å². The van der Waals surface area contributed by atoms with Gasteiger partial charge in [0.1, 0.15) is 0 Å². The second-order valence-electron chi connectivity index (χ2n) is 11.7. The van der Waals surface area contributed by atoms with Crippen molar-refractivity contribution in [2.24, 2.45) is 5.92 Å². The van der Waals surface area contributed by atoms with E-state index in [1.807, 2.05) is 70.3 Å². The molecule has 2 aromatic heterocycles. The maximum absolute atomic E-state index is 13.7. The monoisotopic (exact) mass is 561 g/mol. The standard InChI is InChI=1S/C34H35N5O3/c40-32-29-14-19-39(28-11-10-25-6-4-5-9-27(25)20-28)31(29)36-23-38(32)22-24-12-17-37(18-13-24)33(41)34(42)15-16-35-21-30(34)26-7-2-1-3-8-26/h1-11,14,19-20,23-24,30,35,42H,12-13,15-18,21-22H2/t30-,34+/m0/s1. The minimum absolute atomic E-state index is 0.0484. The SMILES string of the molecule is O=C(N1CCC(Cn2cnc3c(ccn3-c3ccc4ccccc4c3)c2=O)CC1)[C@@]1(O)CCNC[C@H]1c1ccccc1. The van der Waals surface area contributed by atoms with Crippen LogP contribution in [0.25, 0.3) is 27.5 Å². The van der Waals surface area contributed by atoms with Crippen LogP contribution in [-0.2, 0) is 11.3 Å². The van der Waals surface area contributed by atoms with Gasteiger partial charge < -0.3 is 19.9 Å². The average Bonchev–Trinajstić information content (AvgIpc) is 3.48. The Kier molecular flexibility index (Phi) is 6.88. The Morgan fingerprint density at radius 1 is 0.976 bits per heavy atom. The van der Waals surface area contributed by atoms with E-state index >= 15 is 0 Å². The quantitative estimate of drug-likeness (QED) is 0.337. The first-order valence-corrected chi connectivity index (χ1v) is 14.8. The number of hydrogen-bond donors (Lipinski definition) is 2. The van der Waals surface area contributed by atoms with Gasteiger partial charge in [0.05, 0.1) is 11.7 Å². The summed E-state index contributed by atoms with van der Waals surface area (Å²) in [5.74, 6) is -0.205. The fourth-order valence-electron chi connectivity index (χ4n) is 6.79. The molecule has 2 fully saturated rings. The van der Waals surface area contributed by atoms with Gasteiger partial charge in [-0.25, -0.2) is 4.98 Å². The van der Waals surface area contributed by atoms with Crippen molar-refractivity contribution in [3.05, 3.63) is 107 Å². The van der Waals surface area contributed by atoms with Gasteiger partial charge in [-0.1, -0.05) is 60.7 Å².